The average molecular weight is 356 g/mol. The van der Waals surface area contributed by atoms with E-state index in [4.69, 9.17) is 0 Å². The number of benzene rings is 1. The number of H-pyrrole nitrogens is 1. The van der Waals surface area contributed by atoms with E-state index in [1.807, 2.05) is 35.2 Å². The number of aryl methyl sites for hydroxylation is 1. The molecule has 0 aliphatic carbocycles. The van der Waals surface area contributed by atoms with Crippen molar-refractivity contribution in [1.82, 2.24) is 19.7 Å². The predicted octanol–water partition coefficient (Wildman–Crippen LogP) is 1.72. The highest BCUT2D eigenvalue weighted by Crippen LogP contribution is 2.20. The zero-order chi connectivity index (χ0) is 18.7. The number of aromatic nitrogens is 1. The first-order chi connectivity index (χ1) is 12.5. The number of likely N-dealkylation sites (N-methyl/N-ethyl adjacent to an activating group) is 2. The molecule has 1 saturated heterocycles. The Morgan fingerprint density at radius 2 is 2.00 bits per heavy atom. The fourth-order valence-electron chi connectivity index (χ4n) is 3.59. The monoisotopic (exact) mass is 356 g/mol. The van der Waals surface area contributed by atoms with E-state index in [1.54, 1.807) is 19.0 Å². The van der Waals surface area contributed by atoms with Crippen LogP contribution in [0.3, 0.4) is 0 Å². The lowest BCUT2D eigenvalue weighted by Crippen LogP contribution is -2.58. The lowest BCUT2D eigenvalue weighted by atomic mass is 10.1. The van der Waals surface area contributed by atoms with Crippen LogP contribution in [0.1, 0.15) is 18.4 Å². The Kier molecular flexibility index (Phi) is 5.61. The Labute approximate surface area is 154 Å². The second-order valence-corrected chi connectivity index (χ2v) is 7.28. The molecular formula is C20H28N4O2. The first-order valence-corrected chi connectivity index (χ1v) is 9.21. The lowest BCUT2D eigenvalue weighted by Gasteiger charge is -2.39. The molecule has 2 amide bonds. The number of nitrogens with one attached hydrogen (secondary N) is 1. The number of amides is 2. The predicted molar refractivity (Wildman–Crippen MR) is 103 cm³/mol. The van der Waals surface area contributed by atoms with Crippen LogP contribution in [0.15, 0.2) is 30.5 Å². The Morgan fingerprint density at radius 3 is 2.77 bits per heavy atom. The summed E-state index contributed by atoms with van der Waals surface area (Å²) in [5.41, 5.74) is 2.39. The highest BCUT2D eigenvalue weighted by Gasteiger charge is 2.32. The van der Waals surface area contributed by atoms with Gasteiger partial charge in [0.05, 0.1) is 0 Å². The minimum absolute atomic E-state index is 0.0591. The SMILES string of the molecule is CN(C)C(=O)C1CN(C(=O)CCCc2c[nH]c3ccccc23)CCN1C. The summed E-state index contributed by atoms with van der Waals surface area (Å²) in [7, 11) is 5.47. The van der Waals surface area contributed by atoms with E-state index in [0.29, 0.717) is 19.5 Å². The van der Waals surface area contributed by atoms with Gasteiger partial charge in [0.25, 0.3) is 0 Å². The summed E-state index contributed by atoms with van der Waals surface area (Å²) in [6.45, 7) is 1.91. The molecule has 3 rings (SSSR count). The molecule has 2 heterocycles. The van der Waals surface area contributed by atoms with Gasteiger partial charge in [-0.15, -0.1) is 0 Å². The molecule has 140 valence electrons. The normalized spacial score (nSPS) is 18.3. The quantitative estimate of drug-likeness (QED) is 0.887. The minimum Gasteiger partial charge on any atom is -0.361 e. The topological polar surface area (TPSA) is 59.7 Å². The molecule has 1 fully saturated rings. The van der Waals surface area contributed by atoms with E-state index in [9.17, 15) is 9.59 Å². The van der Waals surface area contributed by atoms with Crippen molar-refractivity contribution in [3.63, 3.8) is 0 Å². The Balaban J connectivity index is 1.54. The van der Waals surface area contributed by atoms with E-state index in [1.165, 1.54) is 10.9 Å². The lowest BCUT2D eigenvalue weighted by molar-refractivity contribution is -0.141. The van der Waals surface area contributed by atoms with Crippen LogP contribution in [0.25, 0.3) is 10.9 Å². The van der Waals surface area contributed by atoms with Crippen molar-refractivity contribution < 1.29 is 9.59 Å². The molecule has 26 heavy (non-hydrogen) atoms. The number of para-hydroxylation sites is 1. The number of carbonyl (C=O) groups excluding carboxylic acids is 2. The van der Waals surface area contributed by atoms with Crippen LogP contribution in [0, 0.1) is 0 Å². The van der Waals surface area contributed by atoms with Crippen LogP contribution in [-0.2, 0) is 16.0 Å². The summed E-state index contributed by atoms with van der Waals surface area (Å²) in [6, 6.07) is 8.00. The molecule has 1 unspecified atom stereocenters. The highest BCUT2D eigenvalue weighted by atomic mass is 16.2. The smallest absolute Gasteiger partial charge is 0.241 e. The molecule has 1 N–H and O–H groups in total. The average Bonchev–Trinajstić information content (AvgIpc) is 3.04. The molecule has 1 atom stereocenters. The Bertz CT molecular complexity index is 783. The third-order valence-corrected chi connectivity index (χ3v) is 5.24. The summed E-state index contributed by atoms with van der Waals surface area (Å²) in [5, 5.41) is 1.23. The van der Waals surface area contributed by atoms with Gasteiger partial charge in [-0.25, -0.2) is 0 Å². The highest BCUT2D eigenvalue weighted by molar-refractivity contribution is 5.84. The summed E-state index contributed by atoms with van der Waals surface area (Å²) in [5.74, 6) is 0.207. The van der Waals surface area contributed by atoms with Gasteiger partial charge in [0.1, 0.15) is 6.04 Å². The zero-order valence-electron chi connectivity index (χ0n) is 15.9. The Morgan fingerprint density at radius 1 is 1.23 bits per heavy atom. The van der Waals surface area contributed by atoms with Crippen molar-refractivity contribution in [3.05, 3.63) is 36.0 Å². The van der Waals surface area contributed by atoms with Gasteiger partial charge in [-0.3, -0.25) is 14.5 Å². The minimum atomic E-state index is -0.240. The summed E-state index contributed by atoms with van der Waals surface area (Å²) in [6.07, 6.45) is 4.26. The standard InChI is InChI=1S/C20H28N4O2/c1-22(2)20(26)18-14-24(12-11-23(18)3)19(25)10-6-7-15-13-21-17-9-5-4-8-16(15)17/h4-5,8-9,13,18,21H,6-7,10-12,14H2,1-3H3. The van der Waals surface area contributed by atoms with Gasteiger partial charge >= 0.3 is 0 Å². The van der Waals surface area contributed by atoms with Crippen LogP contribution in [0.5, 0.6) is 0 Å². The van der Waals surface area contributed by atoms with Crippen LogP contribution < -0.4 is 0 Å². The Hall–Kier alpha value is -2.34. The molecule has 1 aliphatic heterocycles. The molecule has 0 saturated carbocycles. The van der Waals surface area contributed by atoms with Crippen molar-refractivity contribution >= 4 is 22.7 Å². The molecule has 1 aromatic carbocycles. The van der Waals surface area contributed by atoms with Gasteiger partial charge in [-0.05, 0) is 31.5 Å². The zero-order valence-corrected chi connectivity index (χ0v) is 15.9. The van der Waals surface area contributed by atoms with E-state index in [-0.39, 0.29) is 17.9 Å². The summed E-state index contributed by atoms with van der Waals surface area (Å²) in [4.78, 5) is 33.7. The van der Waals surface area contributed by atoms with Crippen molar-refractivity contribution in [2.45, 2.75) is 25.3 Å². The molecule has 0 bridgehead atoms. The van der Waals surface area contributed by atoms with E-state index in [2.05, 4.69) is 17.1 Å². The first kappa shape index (κ1) is 18.5. The molecular weight excluding hydrogens is 328 g/mol. The van der Waals surface area contributed by atoms with Gasteiger partial charge < -0.3 is 14.8 Å². The van der Waals surface area contributed by atoms with Gasteiger partial charge in [-0.2, -0.15) is 0 Å². The van der Waals surface area contributed by atoms with Crippen LogP contribution >= 0.6 is 0 Å². The van der Waals surface area contributed by atoms with E-state index in [0.717, 1.165) is 24.9 Å². The van der Waals surface area contributed by atoms with Crippen LogP contribution in [0.2, 0.25) is 0 Å². The molecule has 0 spiro atoms. The summed E-state index contributed by atoms with van der Waals surface area (Å²) >= 11 is 0. The second-order valence-electron chi connectivity index (χ2n) is 7.28. The number of hydrogen-bond donors (Lipinski definition) is 1. The van der Waals surface area contributed by atoms with Crippen molar-refractivity contribution in [1.29, 1.82) is 0 Å². The van der Waals surface area contributed by atoms with E-state index < -0.39 is 0 Å². The maximum atomic E-state index is 12.6. The molecule has 6 heteroatoms. The van der Waals surface area contributed by atoms with Crippen molar-refractivity contribution in [3.8, 4) is 0 Å². The van der Waals surface area contributed by atoms with Gasteiger partial charge in [0, 0.05) is 57.3 Å². The first-order valence-electron chi connectivity index (χ1n) is 9.21. The molecule has 0 radical (unpaired) electrons. The van der Waals surface area contributed by atoms with Crippen LogP contribution in [0.4, 0.5) is 0 Å². The number of aromatic amines is 1. The molecule has 6 nitrogen and oxygen atoms in total. The van der Waals surface area contributed by atoms with Crippen molar-refractivity contribution in [2.24, 2.45) is 0 Å². The maximum Gasteiger partial charge on any atom is 0.241 e. The second kappa shape index (κ2) is 7.91. The molecule has 2 aromatic rings. The fourth-order valence-corrected chi connectivity index (χ4v) is 3.59. The number of nitrogens with zero attached hydrogens (tertiary/aromatic N) is 3. The van der Waals surface area contributed by atoms with Gasteiger partial charge in [0.15, 0.2) is 0 Å². The van der Waals surface area contributed by atoms with Crippen molar-refractivity contribution in [2.75, 3.05) is 40.8 Å². The number of piperazine rings is 1. The van der Waals surface area contributed by atoms with Crippen LogP contribution in [-0.4, -0.2) is 78.3 Å². The largest absolute Gasteiger partial charge is 0.361 e. The summed E-state index contributed by atoms with van der Waals surface area (Å²) < 4.78 is 0. The number of fused-ring (bicyclic) bond motifs is 1. The van der Waals surface area contributed by atoms with E-state index >= 15 is 0 Å². The van der Waals surface area contributed by atoms with Gasteiger partial charge in [-0.1, -0.05) is 18.2 Å². The van der Waals surface area contributed by atoms with Gasteiger partial charge in [0.2, 0.25) is 11.8 Å². The maximum absolute atomic E-state index is 12.6. The molecule has 1 aromatic heterocycles. The third kappa shape index (κ3) is 3.90. The molecule has 1 aliphatic rings. The number of hydrogen-bond acceptors (Lipinski definition) is 3. The number of rotatable bonds is 5. The number of carbonyl (C=O) groups is 2. The fraction of sp³-hybridized carbons (Fsp3) is 0.500. The third-order valence-electron chi connectivity index (χ3n) is 5.24.